The molecular weight excluding hydrogens is 200 g/mol. The number of nitrogens with zero attached hydrogens (tertiary/aromatic N) is 3. The van der Waals surface area contributed by atoms with Gasteiger partial charge in [-0.3, -0.25) is 4.68 Å². The molecule has 0 aliphatic carbocycles. The first kappa shape index (κ1) is 10.7. The van der Waals surface area contributed by atoms with Gasteiger partial charge in [-0.1, -0.05) is 6.07 Å². The lowest BCUT2D eigenvalue weighted by Gasteiger charge is -2.06. The van der Waals surface area contributed by atoms with E-state index in [4.69, 9.17) is 5.73 Å². The number of pyridine rings is 1. The van der Waals surface area contributed by atoms with Gasteiger partial charge in [-0.2, -0.15) is 5.10 Å². The van der Waals surface area contributed by atoms with E-state index in [1.165, 1.54) is 11.3 Å². The minimum Gasteiger partial charge on any atom is -0.383 e. The normalized spacial score (nSPS) is 10.7. The van der Waals surface area contributed by atoms with Crippen molar-refractivity contribution >= 4 is 5.82 Å². The van der Waals surface area contributed by atoms with Gasteiger partial charge in [0.1, 0.15) is 5.82 Å². The zero-order valence-corrected chi connectivity index (χ0v) is 9.86. The van der Waals surface area contributed by atoms with Gasteiger partial charge >= 0.3 is 0 Å². The van der Waals surface area contributed by atoms with E-state index in [-0.39, 0.29) is 0 Å². The van der Waals surface area contributed by atoms with Crippen LogP contribution < -0.4 is 5.73 Å². The molecule has 0 saturated heterocycles. The van der Waals surface area contributed by atoms with Gasteiger partial charge in [-0.25, -0.2) is 4.98 Å². The third-order valence-electron chi connectivity index (χ3n) is 2.99. The van der Waals surface area contributed by atoms with Gasteiger partial charge in [0.05, 0.1) is 12.2 Å². The molecule has 0 spiro atoms. The Kier molecular flexibility index (Phi) is 2.64. The van der Waals surface area contributed by atoms with E-state index >= 15 is 0 Å². The predicted octanol–water partition coefficient (Wildman–Crippen LogP) is 1.83. The number of anilines is 1. The maximum absolute atomic E-state index is 5.81. The highest BCUT2D eigenvalue weighted by Crippen LogP contribution is 2.15. The first-order valence-corrected chi connectivity index (χ1v) is 5.29. The number of aromatic nitrogens is 3. The van der Waals surface area contributed by atoms with Crippen molar-refractivity contribution in [3.05, 3.63) is 40.8 Å². The van der Waals surface area contributed by atoms with Crippen LogP contribution in [0, 0.1) is 20.8 Å². The fourth-order valence-electron chi connectivity index (χ4n) is 1.69. The van der Waals surface area contributed by atoms with Gasteiger partial charge in [0.15, 0.2) is 0 Å². The second kappa shape index (κ2) is 3.96. The zero-order valence-electron chi connectivity index (χ0n) is 9.86. The summed E-state index contributed by atoms with van der Waals surface area (Å²) in [6, 6.07) is 3.87. The van der Waals surface area contributed by atoms with Crippen molar-refractivity contribution in [2.24, 2.45) is 0 Å². The van der Waals surface area contributed by atoms with Crippen LogP contribution in [0.5, 0.6) is 0 Å². The molecule has 4 nitrogen and oxygen atoms in total. The van der Waals surface area contributed by atoms with Gasteiger partial charge in [0.25, 0.3) is 0 Å². The molecule has 0 bridgehead atoms. The van der Waals surface area contributed by atoms with E-state index in [0.717, 1.165) is 11.3 Å². The van der Waals surface area contributed by atoms with Crippen molar-refractivity contribution in [2.45, 2.75) is 27.3 Å². The average molecular weight is 216 g/mol. The van der Waals surface area contributed by atoms with Crippen molar-refractivity contribution in [2.75, 3.05) is 5.73 Å². The average Bonchev–Trinajstić information content (AvgIpc) is 2.50. The highest BCUT2D eigenvalue weighted by atomic mass is 15.3. The maximum Gasteiger partial charge on any atom is 0.128 e. The lowest BCUT2D eigenvalue weighted by Crippen LogP contribution is -2.07. The van der Waals surface area contributed by atoms with E-state index in [0.29, 0.717) is 12.4 Å². The van der Waals surface area contributed by atoms with Crippen molar-refractivity contribution in [1.29, 1.82) is 0 Å². The standard InChI is InChI=1S/C12H16N4/c1-8-9(2)15-16(10(8)3)7-11-5-4-6-14-12(11)13/h4-6H,7H2,1-3H3,(H2,13,14). The Morgan fingerprint density at radius 1 is 1.31 bits per heavy atom. The molecule has 0 radical (unpaired) electrons. The fourth-order valence-corrected chi connectivity index (χ4v) is 1.69. The van der Waals surface area contributed by atoms with Gasteiger partial charge in [0, 0.05) is 17.5 Å². The van der Waals surface area contributed by atoms with E-state index in [1.807, 2.05) is 23.7 Å². The predicted molar refractivity (Wildman–Crippen MR) is 64.2 cm³/mol. The van der Waals surface area contributed by atoms with Crippen LogP contribution in [0.2, 0.25) is 0 Å². The molecule has 2 N–H and O–H groups in total. The number of aryl methyl sites for hydroxylation is 1. The lowest BCUT2D eigenvalue weighted by molar-refractivity contribution is 0.658. The quantitative estimate of drug-likeness (QED) is 0.833. The monoisotopic (exact) mass is 216 g/mol. The molecule has 0 fully saturated rings. The van der Waals surface area contributed by atoms with Crippen LogP contribution in [0.15, 0.2) is 18.3 Å². The topological polar surface area (TPSA) is 56.7 Å². The molecule has 4 heteroatoms. The first-order chi connectivity index (χ1) is 7.59. The van der Waals surface area contributed by atoms with Gasteiger partial charge in [-0.05, 0) is 32.4 Å². The highest BCUT2D eigenvalue weighted by Gasteiger charge is 2.08. The molecule has 2 heterocycles. The van der Waals surface area contributed by atoms with Crippen LogP contribution in [0.25, 0.3) is 0 Å². The van der Waals surface area contributed by atoms with Crippen LogP contribution in [-0.2, 0) is 6.54 Å². The summed E-state index contributed by atoms with van der Waals surface area (Å²) >= 11 is 0. The van der Waals surface area contributed by atoms with Crippen molar-refractivity contribution in [1.82, 2.24) is 14.8 Å². The number of hydrogen-bond donors (Lipinski definition) is 1. The molecule has 2 aromatic heterocycles. The molecule has 2 rings (SSSR count). The van der Waals surface area contributed by atoms with Crippen LogP contribution in [-0.4, -0.2) is 14.8 Å². The van der Waals surface area contributed by atoms with Gasteiger partial charge in [-0.15, -0.1) is 0 Å². The smallest absolute Gasteiger partial charge is 0.128 e. The molecule has 0 atom stereocenters. The Labute approximate surface area is 95.1 Å². The van der Waals surface area contributed by atoms with E-state index in [1.54, 1.807) is 6.20 Å². The Morgan fingerprint density at radius 2 is 2.06 bits per heavy atom. The maximum atomic E-state index is 5.81. The molecule has 0 saturated carbocycles. The third kappa shape index (κ3) is 1.78. The molecule has 84 valence electrons. The summed E-state index contributed by atoms with van der Waals surface area (Å²) in [6.07, 6.45) is 1.70. The minimum atomic E-state index is 0.577. The summed E-state index contributed by atoms with van der Waals surface area (Å²) in [7, 11) is 0. The molecule has 0 unspecified atom stereocenters. The summed E-state index contributed by atoms with van der Waals surface area (Å²) in [4.78, 5) is 4.07. The summed E-state index contributed by atoms with van der Waals surface area (Å²) in [5.41, 5.74) is 10.3. The lowest BCUT2D eigenvalue weighted by atomic mass is 10.2. The summed E-state index contributed by atoms with van der Waals surface area (Å²) < 4.78 is 1.97. The van der Waals surface area contributed by atoms with Crippen LogP contribution in [0.3, 0.4) is 0 Å². The number of hydrogen-bond acceptors (Lipinski definition) is 3. The minimum absolute atomic E-state index is 0.577. The summed E-state index contributed by atoms with van der Waals surface area (Å²) in [5, 5.41) is 4.48. The Hall–Kier alpha value is -1.84. The van der Waals surface area contributed by atoms with Crippen molar-refractivity contribution in [3.8, 4) is 0 Å². The van der Waals surface area contributed by atoms with E-state index in [2.05, 4.69) is 23.9 Å². The Bertz CT molecular complexity index is 514. The number of nitrogen functional groups attached to an aromatic ring is 1. The van der Waals surface area contributed by atoms with Gasteiger partial charge in [0.2, 0.25) is 0 Å². The molecule has 0 amide bonds. The van der Waals surface area contributed by atoms with Crippen LogP contribution in [0.1, 0.15) is 22.5 Å². The van der Waals surface area contributed by atoms with Crippen molar-refractivity contribution in [3.63, 3.8) is 0 Å². The zero-order chi connectivity index (χ0) is 11.7. The Balaban J connectivity index is 2.34. The summed E-state index contributed by atoms with van der Waals surface area (Å²) in [5.74, 6) is 0.577. The number of nitrogens with two attached hydrogens (primary N) is 1. The largest absolute Gasteiger partial charge is 0.383 e. The van der Waals surface area contributed by atoms with Crippen LogP contribution >= 0.6 is 0 Å². The molecular formula is C12H16N4. The second-order valence-corrected chi connectivity index (χ2v) is 4.00. The molecule has 0 aliphatic heterocycles. The van der Waals surface area contributed by atoms with Crippen LogP contribution in [0.4, 0.5) is 5.82 Å². The third-order valence-corrected chi connectivity index (χ3v) is 2.99. The molecule has 0 aliphatic rings. The number of rotatable bonds is 2. The van der Waals surface area contributed by atoms with Crippen molar-refractivity contribution < 1.29 is 0 Å². The first-order valence-electron chi connectivity index (χ1n) is 5.29. The Morgan fingerprint density at radius 3 is 2.62 bits per heavy atom. The van der Waals surface area contributed by atoms with E-state index < -0.39 is 0 Å². The molecule has 2 aromatic rings. The second-order valence-electron chi connectivity index (χ2n) is 4.00. The fraction of sp³-hybridized carbons (Fsp3) is 0.333. The molecule has 16 heavy (non-hydrogen) atoms. The molecule has 0 aromatic carbocycles. The SMILES string of the molecule is Cc1nn(Cc2cccnc2N)c(C)c1C. The highest BCUT2D eigenvalue weighted by molar-refractivity contribution is 5.38. The summed E-state index contributed by atoms with van der Waals surface area (Å²) in [6.45, 7) is 6.86. The van der Waals surface area contributed by atoms with Gasteiger partial charge < -0.3 is 5.73 Å². The van der Waals surface area contributed by atoms with E-state index in [9.17, 15) is 0 Å².